The van der Waals surface area contributed by atoms with E-state index in [0.29, 0.717) is 11.5 Å². The Bertz CT molecular complexity index is 1140. The predicted molar refractivity (Wildman–Crippen MR) is 96.0 cm³/mol. The number of nitrogens with one attached hydrogen (secondary N) is 1. The number of rotatable bonds is 3. The topological polar surface area (TPSA) is 118 Å². The molecule has 0 bridgehead atoms. The summed E-state index contributed by atoms with van der Waals surface area (Å²) in [6, 6.07) is 9.53. The van der Waals surface area contributed by atoms with Crippen molar-refractivity contribution in [3.8, 4) is 17.5 Å². The van der Waals surface area contributed by atoms with Gasteiger partial charge in [-0.05, 0) is 30.5 Å². The molecule has 0 unspecified atom stereocenters. The number of hydrogen-bond acceptors (Lipinski definition) is 6. The maximum absolute atomic E-state index is 12.1. The summed E-state index contributed by atoms with van der Waals surface area (Å²) in [4.78, 5) is 30.4. The molecule has 1 aliphatic carbocycles. The van der Waals surface area contributed by atoms with Gasteiger partial charge in [-0.15, -0.1) is 0 Å². The van der Waals surface area contributed by atoms with Crippen LogP contribution < -0.4 is 11.2 Å². The zero-order valence-electron chi connectivity index (χ0n) is 14.7. The van der Waals surface area contributed by atoms with E-state index in [1.165, 1.54) is 17.8 Å². The molecule has 1 saturated carbocycles. The van der Waals surface area contributed by atoms with Crippen LogP contribution in [0.1, 0.15) is 42.7 Å². The van der Waals surface area contributed by atoms with Crippen LogP contribution in [0.5, 0.6) is 0 Å². The highest BCUT2D eigenvalue weighted by molar-refractivity contribution is 5.51. The van der Waals surface area contributed by atoms with E-state index in [-0.39, 0.29) is 11.4 Å². The van der Waals surface area contributed by atoms with Gasteiger partial charge in [0.2, 0.25) is 11.7 Å². The Kier molecular flexibility index (Phi) is 4.00. The Morgan fingerprint density at radius 3 is 2.59 bits per heavy atom. The molecule has 0 spiro atoms. The van der Waals surface area contributed by atoms with Crippen molar-refractivity contribution >= 4 is 0 Å². The van der Waals surface area contributed by atoms with Crippen LogP contribution in [0.25, 0.3) is 11.4 Å². The van der Waals surface area contributed by atoms with Crippen LogP contribution in [0.4, 0.5) is 0 Å². The summed E-state index contributed by atoms with van der Waals surface area (Å²) in [7, 11) is 1.54. The van der Waals surface area contributed by atoms with Gasteiger partial charge in [0.25, 0.3) is 5.56 Å². The summed E-state index contributed by atoms with van der Waals surface area (Å²) < 4.78 is 6.84. The van der Waals surface area contributed by atoms with E-state index in [1.54, 1.807) is 12.1 Å². The van der Waals surface area contributed by atoms with Gasteiger partial charge < -0.3 is 9.09 Å². The van der Waals surface area contributed by atoms with Gasteiger partial charge in [-0.25, -0.2) is 4.79 Å². The first-order chi connectivity index (χ1) is 13.0. The van der Waals surface area contributed by atoms with Crippen LogP contribution in [0, 0.1) is 11.3 Å². The van der Waals surface area contributed by atoms with Crippen molar-refractivity contribution in [2.24, 2.45) is 7.05 Å². The van der Waals surface area contributed by atoms with Gasteiger partial charge in [-0.3, -0.25) is 9.78 Å². The lowest BCUT2D eigenvalue weighted by atomic mass is 9.78. The lowest BCUT2D eigenvalue weighted by Gasteiger charge is -2.25. The summed E-state index contributed by atoms with van der Waals surface area (Å²) in [5.74, 6) is 0.606. The molecule has 3 aromatic rings. The van der Waals surface area contributed by atoms with Crippen LogP contribution in [0.15, 0.2) is 44.6 Å². The van der Waals surface area contributed by atoms with E-state index >= 15 is 0 Å². The summed E-state index contributed by atoms with van der Waals surface area (Å²) in [5, 5.41) is 13.0. The lowest BCUT2D eigenvalue weighted by molar-refractivity contribution is 0.311. The second kappa shape index (κ2) is 6.36. The number of aryl methyl sites for hydroxylation is 1. The average Bonchev–Trinajstić information content (AvgIpc) is 3.35. The molecule has 0 saturated heterocycles. The van der Waals surface area contributed by atoms with E-state index in [9.17, 15) is 9.59 Å². The van der Waals surface area contributed by atoms with E-state index < -0.39 is 16.7 Å². The monoisotopic (exact) mass is 363 g/mol. The van der Waals surface area contributed by atoms with Gasteiger partial charge in [-0.2, -0.15) is 10.2 Å². The Hall–Kier alpha value is -3.47. The molecule has 2 aromatic heterocycles. The summed E-state index contributed by atoms with van der Waals surface area (Å²) in [6.45, 7) is 0. The molecule has 0 atom stereocenters. The minimum absolute atomic E-state index is 0.154. The molecule has 0 radical (unpaired) electrons. The second-order valence-electron chi connectivity index (χ2n) is 6.81. The fourth-order valence-electron chi connectivity index (χ4n) is 3.72. The van der Waals surface area contributed by atoms with Crippen molar-refractivity contribution in [3.63, 3.8) is 0 Å². The highest BCUT2D eigenvalue weighted by Crippen LogP contribution is 2.46. The number of hydrogen-bond donors (Lipinski definition) is 1. The largest absolute Gasteiger partial charge is 0.338 e. The van der Waals surface area contributed by atoms with Gasteiger partial charge in [0.05, 0.1) is 17.0 Å². The molecule has 8 nitrogen and oxygen atoms in total. The first kappa shape index (κ1) is 17.0. The minimum atomic E-state index is -0.552. The maximum Gasteiger partial charge on any atom is 0.328 e. The SMILES string of the molecule is Cn1cc(-c2noc(C3(c4ccc(C#N)cc4)CCCC3)n2)c(=O)[nH]c1=O. The minimum Gasteiger partial charge on any atom is -0.338 e. The van der Waals surface area contributed by atoms with Gasteiger partial charge >= 0.3 is 5.69 Å². The third-order valence-electron chi connectivity index (χ3n) is 5.21. The average molecular weight is 363 g/mol. The summed E-state index contributed by atoms with van der Waals surface area (Å²) in [5.41, 5.74) is 0.312. The van der Waals surface area contributed by atoms with E-state index in [4.69, 9.17) is 9.78 Å². The molecule has 4 rings (SSSR count). The highest BCUT2D eigenvalue weighted by Gasteiger charge is 2.42. The first-order valence-electron chi connectivity index (χ1n) is 8.69. The molecule has 2 heterocycles. The predicted octanol–water partition coefficient (Wildman–Crippen LogP) is 1.86. The number of H-pyrrole nitrogens is 1. The molecule has 8 heteroatoms. The molecular formula is C19H17N5O3. The van der Waals surface area contributed by atoms with Crippen LogP contribution in [-0.2, 0) is 12.5 Å². The molecule has 1 aliphatic rings. The molecule has 1 aromatic carbocycles. The molecule has 0 amide bonds. The number of benzene rings is 1. The van der Waals surface area contributed by atoms with Crippen molar-refractivity contribution in [2.45, 2.75) is 31.1 Å². The quantitative estimate of drug-likeness (QED) is 0.759. The molecule has 27 heavy (non-hydrogen) atoms. The van der Waals surface area contributed by atoms with E-state index in [0.717, 1.165) is 31.2 Å². The Morgan fingerprint density at radius 1 is 1.22 bits per heavy atom. The first-order valence-corrected chi connectivity index (χ1v) is 8.69. The maximum atomic E-state index is 12.1. The molecule has 1 N–H and O–H groups in total. The van der Waals surface area contributed by atoms with Crippen molar-refractivity contribution in [3.05, 3.63) is 68.3 Å². The van der Waals surface area contributed by atoms with Crippen LogP contribution in [0.3, 0.4) is 0 Å². The molecule has 0 aliphatic heterocycles. The highest BCUT2D eigenvalue weighted by atomic mass is 16.5. The van der Waals surface area contributed by atoms with Gasteiger partial charge in [0.15, 0.2) is 0 Å². The lowest BCUT2D eigenvalue weighted by Crippen LogP contribution is -2.28. The number of aromatic nitrogens is 4. The Balaban J connectivity index is 1.80. The fraction of sp³-hybridized carbons (Fsp3) is 0.316. The van der Waals surface area contributed by atoms with Crippen LogP contribution in [-0.4, -0.2) is 19.7 Å². The smallest absolute Gasteiger partial charge is 0.328 e. The van der Waals surface area contributed by atoms with Crippen molar-refractivity contribution in [2.75, 3.05) is 0 Å². The number of aromatic amines is 1. The number of nitrogens with zero attached hydrogens (tertiary/aromatic N) is 4. The van der Waals surface area contributed by atoms with Gasteiger partial charge in [-0.1, -0.05) is 30.1 Å². The molecule has 1 fully saturated rings. The third-order valence-corrected chi connectivity index (χ3v) is 5.21. The van der Waals surface area contributed by atoms with Crippen LogP contribution in [0.2, 0.25) is 0 Å². The molecular weight excluding hydrogens is 346 g/mol. The van der Waals surface area contributed by atoms with Crippen LogP contribution >= 0.6 is 0 Å². The molecule has 136 valence electrons. The van der Waals surface area contributed by atoms with E-state index in [2.05, 4.69) is 21.2 Å². The normalized spacial score (nSPS) is 15.6. The standard InChI is InChI=1S/C19H17N5O3/c1-24-11-14(16(25)22-18(24)26)15-21-17(27-23-15)19(8-2-3-9-19)13-6-4-12(10-20)5-7-13/h4-7,11H,2-3,8-9H2,1H3,(H,22,25,26). The fourth-order valence-corrected chi connectivity index (χ4v) is 3.72. The zero-order chi connectivity index (χ0) is 19.0. The Morgan fingerprint density at radius 2 is 1.93 bits per heavy atom. The zero-order valence-corrected chi connectivity index (χ0v) is 14.7. The van der Waals surface area contributed by atoms with Crippen molar-refractivity contribution in [1.29, 1.82) is 5.26 Å². The van der Waals surface area contributed by atoms with Gasteiger partial charge in [0.1, 0.15) is 5.56 Å². The number of nitriles is 1. The van der Waals surface area contributed by atoms with Crippen molar-refractivity contribution < 1.29 is 4.52 Å². The van der Waals surface area contributed by atoms with Gasteiger partial charge in [0, 0.05) is 13.2 Å². The van der Waals surface area contributed by atoms with Crippen molar-refractivity contribution in [1.82, 2.24) is 19.7 Å². The summed E-state index contributed by atoms with van der Waals surface area (Å²) in [6.07, 6.45) is 5.16. The second-order valence-corrected chi connectivity index (χ2v) is 6.81. The third kappa shape index (κ3) is 2.77. The summed E-state index contributed by atoms with van der Waals surface area (Å²) >= 11 is 0. The van der Waals surface area contributed by atoms with E-state index in [1.807, 2.05) is 12.1 Å². The Labute approximate surface area is 154 Å².